The number of aromatic nitrogens is 4. The van der Waals surface area contributed by atoms with Crippen LogP contribution in [0.25, 0.3) is 32.3 Å². The van der Waals surface area contributed by atoms with Crippen molar-refractivity contribution >= 4 is 46.3 Å². The summed E-state index contributed by atoms with van der Waals surface area (Å²) in [5, 5.41) is 14.0. The number of carbonyl (C=O) groups is 1. The van der Waals surface area contributed by atoms with Gasteiger partial charge in [0, 0.05) is 52.9 Å². The summed E-state index contributed by atoms with van der Waals surface area (Å²) in [4.78, 5) is 26.4. The number of nitrogens with zero attached hydrogens (tertiary/aromatic N) is 5. The zero-order valence-corrected chi connectivity index (χ0v) is 21.8. The number of amides is 1. The molecule has 182 valence electrons. The molecule has 1 amide bonds. The number of hydrogen-bond donors (Lipinski definition) is 1. The van der Waals surface area contributed by atoms with Crippen LogP contribution in [0.2, 0.25) is 10.0 Å². The summed E-state index contributed by atoms with van der Waals surface area (Å²) in [6.45, 7) is 1.92. The highest BCUT2D eigenvalue weighted by Gasteiger charge is 2.26. The summed E-state index contributed by atoms with van der Waals surface area (Å²) in [6, 6.07) is 16.9. The molecule has 4 aromatic heterocycles. The lowest BCUT2D eigenvalue weighted by atomic mass is 9.98. The number of benzene rings is 1. The summed E-state index contributed by atoms with van der Waals surface area (Å²) in [6.07, 6.45) is 6.94. The van der Waals surface area contributed by atoms with E-state index in [0.717, 1.165) is 16.1 Å². The fourth-order valence-electron chi connectivity index (χ4n) is 3.98. The summed E-state index contributed by atoms with van der Waals surface area (Å²) in [5.74, 6) is 0.837. The van der Waals surface area contributed by atoms with E-state index < -0.39 is 0 Å². The molecular weight excluding hydrogens is 527 g/mol. The molecular formula is C27H18Cl2N6OS. The Morgan fingerprint density at radius 2 is 1.92 bits per heavy atom. The van der Waals surface area contributed by atoms with Crippen LogP contribution in [0.15, 0.2) is 73.3 Å². The molecule has 0 spiro atoms. The van der Waals surface area contributed by atoms with Crippen molar-refractivity contribution in [1.29, 1.82) is 5.26 Å². The van der Waals surface area contributed by atoms with Gasteiger partial charge in [-0.3, -0.25) is 9.78 Å². The predicted octanol–water partition coefficient (Wildman–Crippen LogP) is 6.92. The number of nitriles is 1. The van der Waals surface area contributed by atoms with Gasteiger partial charge in [0.2, 0.25) is 5.91 Å². The van der Waals surface area contributed by atoms with Crippen molar-refractivity contribution < 1.29 is 4.79 Å². The Hall–Kier alpha value is -4.03. The maximum Gasteiger partial charge on any atom is 0.222 e. The second-order valence-electron chi connectivity index (χ2n) is 8.06. The summed E-state index contributed by atoms with van der Waals surface area (Å²) in [5.41, 5.74) is 3.38. The number of thiophene rings is 1. The standard InChI is InChI=1S/C27H18Cl2N6OS/c1-16(36)34-23-12-17(7-9-32-23)25-21(14-30)24(20-6-5-18(28)13-22(20)29)26(37-25)27-33-10-11-35(27)15-19-4-2-3-8-31-19/h2-13H,15H2,1H3,(H,32,34,36). The van der Waals surface area contributed by atoms with Gasteiger partial charge in [-0.2, -0.15) is 5.26 Å². The SMILES string of the molecule is CC(=O)Nc1cc(-c2sc(-c3nccn3Cc3ccccn3)c(-c3ccc(Cl)cc3Cl)c2C#N)ccn1. The monoisotopic (exact) mass is 544 g/mol. The van der Waals surface area contributed by atoms with Gasteiger partial charge in [0.05, 0.1) is 27.6 Å². The molecule has 0 aliphatic carbocycles. The van der Waals surface area contributed by atoms with E-state index in [9.17, 15) is 10.1 Å². The number of imidazole rings is 1. The first kappa shape index (κ1) is 24.7. The van der Waals surface area contributed by atoms with Gasteiger partial charge >= 0.3 is 0 Å². The molecule has 0 saturated carbocycles. The molecule has 7 nitrogen and oxygen atoms in total. The minimum Gasteiger partial charge on any atom is -0.324 e. The van der Waals surface area contributed by atoms with E-state index in [1.165, 1.54) is 18.3 Å². The van der Waals surface area contributed by atoms with Crippen molar-refractivity contribution in [2.75, 3.05) is 5.32 Å². The van der Waals surface area contributed by atoms with Gasteiger partial charge in [0.25, 0.3) is 0 Å². The molecule has 0 fully saturated rings. The van der Waals surface area contributed by atoms with Gasteiger partial charge in [-0.05, 0) is 42.0 Å². The van der Waals surface area contributed by atoms with E-state index in [4.69, 9.17) is 23.2 Å². The Morgan fingerprint density at radius 3 is 2.65 bits per heavy atom. The molecule has 4 heterocycles. The molecule has 0 bridgehead atoms. The van der Waals surface area contributed by atoms with Crippen molar-refractivity contribution in [1.82, 2.24) is 19.5 Å². The number of nitrogens with one attached hydrogen (secondary N) is 1. The van der Waals surface area contributed by atoms with Crippen molar-refractivity contribution in [2.24, 2.45) is 0 Å². The molecule has 0 aliphatic heterocycles. The van der Waals surface area contributed by atoms with Crippen LogP contribution >= 0.6 is 34.5 Å². The Balaban J connectivity index is 1.74. The van der Waals surface area contributed by atoms with Gasteiger partial charge in [0.1, 0.15) is 11.9 Å². The van der Waals surface area contributed by atoms with Gasteiger partial charge in [-0.15, -0.1) is 11.3 Å². The Kier molecular flexibility index (Phi) is 7.01. The Labute approximate surface area is 227 Å². The van der Waals surface area contributed by atoms with E-state index in [2.05, 4.69) is 26.3 Å². The van der Waals surface area contributed by atoms with Gasteiger partial charge in [-0.1, -0.05) is 35.3 Å². The lowest BCUT2D eigenvalue weighted by Gasteiger charge is -2.10. The first-order chi connectivity index (χ1) is 17.9. The van der Waals surface area contributed by atoms with E-state index in [1.54, 1.807) is 42.9 Å². The van der Waals surface area contributed by atoms with E-state index >= 15 is 0 Å². The molecule has 0 unspecified atom stereocenters. The predicted molar refractivity (Wildman–Crippen MR) is 147 cm³/mol. The molecule has 0 aliphatic rings. The topological polar surface area (TPSA) is 96.5 Å². The first-order valence-electron chi connectivity index (χ1n) is 11.1. The first-order valence-corrected chi connectivity index (χ1v) is 12.7. The third-order valence-corrected chi connectivity index (χ3v) is 7.31. The van der Waals surface area contributed by atoms with Crippen LogP contribution in [0, 0.1) is 11.3 Å². The summed E-state index contributed by atoms with van der Waals surface area (Å²) < 4.78 is 1.99. The normalized spacial score (nSPS) is 10.8. The molecule has 1 aromatic carbocycles. The van der Waals surface area contributed by atoms with E-state index in [0.29, 0.717) is 49.8 Å². The maximum atomic E-state index is 11.6. The molecule has 5 aromatic rings. The van der Waals surface area contributed by atoms with Crippen LogP contribution in [0.5, 0.6) is 0 Å². The minimum atomic E-state index is -0.234. The average Bonchev–Trinajstić information content (AvgIpc) is 3.48. The molecule has 5 rings (SSSR count). The molecule has 0 atom stereocenters. The average molecular weight is 545 g/mol. The zero-order valence-electron chi connectivity index (χ0n) is 19.4. The third-order valence-electron chi connectivity index (χ3n) is 5.52. The Bertz CT molecular complexity index is 1660. The van der Waals surface area contributed by atoms with Crippen LogP contribution < -0.4 is 5.32 Å². The third kappa shape index (κ3) is 5.11. The number of carbonyl (C=O) groups excluding carboxylic acids is 1. The number of pyridine rings is 2. The van der Waals surface area contributed by atoms with Crippen molar-refractivity contribution in [3.05, 3.63) is 94.6 Å². The van der Waals surface area contributed by atoms with E-state index in [-0.39, 0.29) is 5.91 Å². The summed E-state index contributed by atoms with van der Waals surface area (Å²) in [7, 11) is 0. The lowest BCUT2D eigenvalue weighted by molar-refractivity contribution is -0.114. The zero-order chi connectivity index (χ0) is 25.9. The molecule has 1 N–H and O–H groups in total. The van der Waals surface area contributed by atoms with Gasteiger partial charge < -0.3 is 9.88 Å². The lowest BCUT2D eigenvalue weighted by Crippen LogP contribution is -2.07. The minimum absolute atomic E-state index is 0.234. The van der Waals surface area contributed by atoms with Gasteiger partial charge in [0.15, 0.2) is 5.82 Å². The van der Waals surface area contributed by atoms with Crippen molar-refractivity contribution in [2.45, 2.75) is 13.5 Å². The van der Waals surface area contributed by atoms with Crippen LogP contribution in [0.1, 0.15) is 18.2 Å². The number of halogens is 2. The molecule has 37 heavy (non-hydrogen) atoms. The summed E-state index contributed by atoms with van der Waals surface area (Å²) >= 11 is 14.3. The maximum absolute atomic E-state index is 11.6. The number of hydrogen-bond acceptors (Lipinski definition) is 6. The Morgan fingerprint density at radius 1 is 1.05 bits per heavy atom. The van der Waals surface area contributed by atoms with E-state index in [1.807, 2.05) is 35.0 Å². The largest absolute Gasteiger partial charge is 0.324 e. The second kappa shape index (κ2) is 10.5. The smallest absolute Gasteiger partial charge is 0.222 e. The molecule has 10 heteroatoms. The highest BCUT2D eigenvalue weighted by atomic mass is 35.5. The quantitative estimate of drug-likeness (QED) is 0.250. The van der Waals surface area contributed by atoms with Crippen molar-refractivity contribution in [3.8, 4) is 38.3 Å². The highest BCUT2D eigenvalue weighted by Crippen LogP contribution is 2.48. The van der Waals surface area contributed by atoms with Gasteiger partial charge in [-0.25, -0.2) is 9.97 Å². The number of anilines is 1. The number of rotatable bonds is 6. The van der Waals surface area contributed by atoms with Crippen LogP contribution in [0.3, 0.4) is 0 Å². The second-order valence-corrected chi connectivity index (χ2v) is 9.92. The molecule has 0 radical (unpaired) electrons. The van der Waals surface area contributed by atoms with Crippen LogP contribution in [0.4, 0.5) is 5.82 Å². The van der Waals surface area contributed by atoms with Crippen LogP contribution in [-0.4, -0.2) is 25.4 Å². The van der Waals surface area contributed by atoms with Crippen LogP contribution in [-0.2, 0) is 11.3 Å². The molecule has 0 saturated heterocycles. The fraction of sp³-hybridized carbons (Fsp3) is 0.0741. The fourth-order valence-corrected chi connectivity index (χ4v) is 5.76. The van der Waals surface area contributed by atoms with Crippen molar-refractivity contribution in [3.63, 3.8) is 0 Å². The highest BCUT2D eigenvalue weighted by molar-refractivity contribution is 7.19.